The van der Waals surface area contributed by atoms with Crippen LogP contribution in [0.4, 0.5) is 0 Å². The summed E-state index contributed by atoms with van der Waals surface area (Å²) in [5.41, 5.74) is 5.23. The van der Waals surface area contributed by atoms with Crippen LogP contribution in [0.1, 0.15) is 86.3 Å². The van der Waals surface area contributed by atoms with Crippen LogP contribution in [0.3, 0.4) is 0 Å². The molecule has 3 N–H and O–H groups in total. The van der Waals surface area contributed by atoms with Gasteiger partial charge in [0.15, 0.2) is 5.82 Å². The molecular weight excluding hydrogens is 654 g/mol. The van der Waals surface area contributed by atoms with E-state index in [4.69, 9.17) is 14.7 Å². The van der Waals surface area contributed by atoms with Crippen molar-refractivity contribution in [3.63, 3.8) is 0 Å². The Bertz CT molecular complexity index is 1920. The topological polar surface area (TPSA) is 138 Å². The molecule has 2 aromatic carbocycles. The number of allylic oxidation sites excluding steroid dienone is 2. The Balaban J connectivity index is 0.991. The van der Waals surface area contributed by atoms with Crippen LogP contribution in [-0.2, 0) is 16.0 Å². The highest BCUT2D eigenvalue weighted by atomic mass is 16.5. The molecule has 10 heteroatoms. The molecule has 1 saturated heterocycles. The minimum Gasteiger partial charge on any atom is -0.497 e. The first-order valence-corrected chi connectivity index (χ1v) is 18.9. The van der Waals surface area contributed by atoms with Crippen molar-refractivity contribution in [3.8, 4) is 17.1 Å². The number of carboxylic acids is 1. The van der Waals surface area contributed by atoms with E-state index >= 15 is 0 Å². The molecule has 0 bridgehead atoms. The number of ether oxygens (including phenoxy) is 1. The van der Waals surface area contributed by atoms with Gasteiger partial charge in [0.1, 0.15) is 17.5 Å². The number of likely N-dealkylation sites (tertiary alicyclic amines) is 1. The third kappa shape index (κ3) is 7.91. The summed E-state index contributed by atoms with van der Waals surface area (Å²) in [6, 6.07) is 14.0. The molecule has 272 valence electrons. The number of fused-ring (bicyclic) bond motifs is 1. The van der Waals surface area contributed by atoms with Crippen molar-refractivity contribution < 1.29 is 24.2 Å². The van der Waals surface area contributed by atoms with Crippen molar-refractivity contribution in [2.45, 2.75) is 77.2 Å². The molecule has 1 aliphatic heterocycles. The van der Waals surface area contributed by atoms with E-state index in [1.165, 1.54) is 55.4 Å². The van der Waals surface area contributed by atoms with Gasteiger partial charge >= 0.3 is 5.97 Å². The summed E-state index contributed by atoms with van der Waals surface area (Å²) in [6.45, 7) is 2.55. The normalized spacial score (nSPS) is 21.2. The molecule has 3 aliphatic rings. The number of amides is 2. The summed E-state index contributed by atoms with van der Waals surface area (Å²) >= 11 is 0. The van der Waals surface area contributed by atoms with Crippen LogP contribution in [0.15, 0.2) is 67.0 Å². The molecule has 2 atom stereocenters. The van der Waals surface area contributed by atoms with Crippen molar-refractivity contribution in [2.75, 3.05) is 20.2 Å². The minimum absolute atomic E-state index is 0.122. The largest absolute Gasteiger partial charge is 0.497 e. The molecule has 1 unspecified atom stereocenters. The Labute approximate surface area is 305 Å². The maximum atomic E-state index is 13.6. The Morgan fingerprint density at radius 3 is 2.37 bits per heavy atom. The van der Waals surface area contributed by atoms with Gasteiger partial charge in [-0.25, -0.2) is 9.97 Å². The number of hydrogen-bond donors (Lipinski definition) is 3. The number of carbonyl (C=O) groups is 3. The van der Waals surface area contributed by atoms with Crippen LogP contribution in [0.25, 0.3) is 27.9 Å². The van der Waals surface area contributed by atoms with E-state index in [2.05, 4.69) is 23.3 Å². The molecular formula is C42H49N5O5. The molecule has 2 fully saturated rings. The van der Waals surface area contributed by atoms with Crippen LogP contribution < -0.4 is 10.1 Å². The van der Waals surface area contributed by atoms with Gasteiger partial charge in [0.2, 0.25) is 5.91 Å². The van der Waals surface area contributed by atoms with E-state index in [1.54, 1.807) is 19.2 Å². The second-order valence-corrected chi connectivity index (χ2v) is 15.0. The van der Waals surface area contributed by atoms with E-state index in [9.17, 15) is 19.5 Å². The van der Waals surface area contributed by atoms with Crippen molar-refractivity contribution in [1.29, 1.82) is 0 Å². The average Bonchev–Trinajstić information content (AvgIpc) is 3.59. The summed E-state index contributed by atoms with van der Waals surface area (Å²) in [7, 11) is 1.58. The predicted octanol–water partition coefficient (Wildman–Crippen LogP) is 7.31. The fourth-order valence-electron chi connectivity index (χ4n) is 8.40. The van der Waals surface area contributed by atoms with Gasteiger partial charge in [-0.2, -0.15) is 0 Å². The number of hydrogen-bond acceptors (Lipinski definition) is 6. The molecule has 4 aromatic rings. The number of nitrogens with zero attached hydrogens (tertiary/aromatic N) is 3. The minimum atomic E-state index is -0.928. The maximum Gasteiger partial charge on any atom is 0.310 e. The van der Waals surface area contributed by atoms with Crippen LogP contribution in [0.5, 0.6) is 5.75 Å². The third-order valence-corrected chi connectivity index (χ3v) is 11.6. The fourth-order valence-corrected chi connectivity index (χ4v) is 8.40. The van der Waals surface area contributed by atoms with E-state index < -0.39 is 23.8 Å². The molecule has 0 radical (unpaired) electrons. The second kappa shape index (κ2) is 15.7. The Hall–Kier alpha value is -4.99. The zero-order chi connectivity index (χ0) is 36.2. The van der Waals surface area contributed by atoms with E-state index in [-0.39, 0.29) is 25.4 Å². The SMILES string of the molecule is CCCC1CCC(C2CC=C(c3cnc(-c4ccc(C[C@H](NC(=O)c5cc6cc(OC)ccc6[nH]5)C(=O)N5CC(C(=O)O)C5)cc4)nc3)CC2)CC1. The predicted molar refractivity (Wildman–Crippen MR) is 201 cm³/mol. The number of methoxy groups -OCH3 is 1. The molecule has 7 rings (SSSR count). The lowest BCUT2D eigenvalue weighted by atomic mass is 9.70. The number of nitrogens with one attached hydrogen (secondary N) is 2. The van der Waals surface area contributed by atoms with Crippen LogP contribution in [-0.4, -0.2) is 69.0 Å². The number of aromatic nitrogens is 3. The van der Waals surface area contributed by atoms with Crippen LogP contribution in [0.2, 0.25) is 0 Å². The van der Waals surface area contributed by atoms with Gasteiger partial charge in [-0.15, -0.1) is 0 Å². The summed E-state index contributed by atoms with van der Waals surface area (Å²) in [5.74, 6) is 1.67. The number of rotatable bonds is 12. The highest BCUT2D eigenvalue weighted by molar-refractivity contribution is 6.00. The number of carbonyl (C=O) groups excluding carboxylic acids is 2. The molecule has 52 heavy (non-hydrogen) atoms. The van der Waals surface area contributed by atoms with Gasteiger partial charge in [-0.05, 0) is 85.3 Å². The van der Waals surface area contributed by atoms with Gasteiger partial charge in [-0.3, -0.25) is 14.4 Å². The Morgan fingerprint density at radius 1 is 0.962 bits per heavy atom. The highest BCUT2D eigenvalue weighted by Gasteiger charge is 2.39. The maximum absolute atomic E-state index is 13.6. The average molecular weight is 704 g/mol. The van der Waals surface area contributed by atoms with Gasteiger partial charge in [0.05, 0.1) is 13.0 Å². The monoisotopic (exact) mass is 703 g/mol. The second-order valence-electron chi connectivity index (χ2n) is 15.0. The number of carboxylic acid groups (broad SMARTS) is 1. The lowest BCUT2D eigenvalue weighted by Crippen LogP contribution is -2.59. The van der Waals surface area contributed by atoms with Crippen molar-refractivity contribution in [3.05, 3.63) is 83.8 Å². The number of benzene rings is 2. The number of aromatic amines is 1. The molecule has 2 aliphatic carbocycles. The van der Waals surface area contributed by atoms with Crippen LogP contribution in [0, 0.1) is 23.7 Å². The highest BCUT2D eigenvalue weighted by Crippen LogP contribution is 2.42. The molecule has 2 amide bonds. The van der Waals surface area contributed by atoms with Crippen molar-refractivity contribution in [1.82, 2.24) is 25.2 Å². The van der Waals surface area contributed by atoms with E-state index in [1.807, 2.05) is 48.8 Å². The smallest absolute Gasteiger partial charge is 0.310 e. The summed E-state index contributed by atoms with van der Waals surface area (Å²) in [6.07, 6.45) is 18.3. The van der Waals surface area contributed by atoms with E-state index in [0.29, 0.717) is 17.3 Å². The molecule has 1 saturated carbocycles. The fraction of sp³-hybridized carbons (Fsp3) is 0.452. The lowest BCUT2D eigenvalue weighted by molar-refractivity contribution is -0.153. The third-order valence-electron chi connectivity index (χ3n) is 11.6. The van der Waals surface area contributed by atoms with Crippen molar-refractivity contribution in [2.24, 2.45) is 23.7 Å². The van der Waals surface area contributed by atoms with Gasteiger partial charge in [0, 0.05) is 53.9 Å². The van der Waals surface area contributed by atoms with Crippen LogP contribution >= 0.6 is 0 Å². The molecule has 10 nitrogen and oxygen atoms in total. The van der Waals surface area contributed by atoms with Gasteiger partial charge in [0.25, 0.3) is 5.91 Å². The Kier molecular flexibility index (Phi) is 10.7. The first kappa shape index (κ1) is 35.4. The number of H-pyrrole nitrogens is 1. The summed E-state index contributed by atoms with van der Waals surface area (Å²) in [4.78, 5) is 52.4. The zero-order valence-electron chi connectivity index (χ0n) is 30.1. The first-order chi connectivity index (χ1) is 25.3. The first-order valence-electron chi connectivity index (χ1n) is 18.9. The number of aliphatic carboxylic acids is 1. The quantitative estimate of drug-likeness (QED) is 0.141. The van der Waals surface area contributed by atoms with Gasteiger partial charge in [-0.1, -0.05) is 62.9 Å². The summed E-state index contributed by atoms with van der Waals surface area (Å²) < 4.78 is 5.30. The molecule has 0 spiro atoms. The van der Waals surface area contributed by atoms with E-state index in [0.717, 1.165) is 58.2 Å². The standard InChI is InChI=1S/C42H49N5O5/c1-3-4-26-5-9-28(10-6-26)29-13-15-30(16-14-29)33-22-43-39(44-23-33)31-11-7-27(8-12-31)19-38(41(49)47-24-34(25-47)42(50)51)46-40(48)37-21-32-20-35(52-2)17-18-36(32)45-37/h7-8,11-12,15,17-18,20-23,26,28-29,34,38,45H,3-6,9-10,13-14,16,19,24-25H2,1-2H3,(H,46,48)(H,50,51)/t26?,28?,29?,38-/m0/s1. The molecule has 3 heterocycles. The lowest BCUT2D eigenvalue weighted by Gasteiger charge is -2.38. The summed E-state index contributed by atoms with van der Waals surface area (Å²) in [5, 5.41) is 13.1. The van der Waals surface area contributed by atoms with Gasteiger partial charge < -0.3 is 25.0 Å². The zero-order valence-corrected chi connectivity index (χ0v) is 30.1. The Morgan fingerprint density at radius 2 is 1.71 bits per heavy atom. The molecule has 2 aromatic heterocycles. The van der Waals surface area contributed by atoms with Crippen molar-refractivity contribution >= 4 is 34.3 Å².